The lowest BCUT2D eigenvalue weighted by Crippen LogP contribution is -1.95. The van der Waals surface area contributed by atoms with Gasteiger partial charge in [-0.2, -0.15) is 5.10 Å². The summed E-state index contributed by atoms with van der Waals surface area (Å²) in [5.74, 6) is -1.85. The van der Waals surface area contributed by atoms with Crippen molar-refractivity contribution in [2.75, 3.05) is 0 Å². The van der Waals surface area contributed by atoms with E-state index in [-0.39, 0.29) is 27.0 Å². The number of aromatic amines is 1. The molecular formula is C10H5Cl2FN2O2. The quantitative estimate of drug-likeness (QED) is 0.827. The summed E-state index contributed by atoms with van der Waals surface area (Å²) in [6.45, 7) is 0. The predicted molar refractivity (Wildman–Crippen MR) is 61.0 cm³/mol. The fourth-order valence-corrected chi connectivity index (χ4v) is 1.72. The molecule has 4 nitrogen and oxygen atoms in total. The number of carboxylic acid groups (broad SMARTS) is 1. The van der Waals surface area contributed by atoms with Crippen molar-refractivity contribution in [3.8, 4) is 11.3 Å². The molecular weight excluding hydrogens is 270 g/mol. The maximum absolute atomic E-state index is 13.3. The zero-order valence-corrected chi connectivity index (χ0v) is 9.68. The molecule has 0 saturated carbocycles. The van der Waals surface area contributed by atoms with Gasteiger partial charge in [-0.1, -0.05) is 23.2 Å². The van der Waals surface area contributed by atoms with Gasteiger partial charge in [0.1, 0.15) is 11.5 Å². The lowest BCUT2D eigenvalue weighted by Gasteiger charge is -2.02. The topological polar surface area (TPSA) is 66.0 Å². The van der Waals surface area contributed by atoms with Crippen LogP contribution in [-0.2, 0) is 0 Å². The van der Waals surface area contributed by atoms with Gasteiger partial charge < -0.3 is 5.11 Å². The first kappa shape index (κ1) is 11.9. The Bertz CT molecular complexity index is 598. The largest absolute Gasteiger partial charge is 0.477 e. The van der Waals surface area contributed by atoms with E-state index in [2.05, 4.69) is 10.2 Å². The number of nitrogens with one attached hydrogen (secondary N) is 1. The summed E-state index contributed by atoms with van der Waals surface area (Å²) < 4.78 is 13.3. The van der Waals surface area contributed by atoms with Gasteiger partial charge in [-0.05, 0) is 18.2 Å². The first-order chi connectivity index (χ1) is 7.99. The van der Waals surface area contributed by atoms with Crippen LogP contribution < -0.4 is 0 Å². The van der Waals surface area contributed by atoms with Gasteiger partial charge in [0.15, 0.2) is 0 Å². The van der Waals surface area contributed by atoms with Crippen LogP contribution in [0.15, 0.2) is 18.2 Å². The summed E-state index contributed by atoms with van der Waals surface area (Å²) >= 11 is 11.4. The lowest BCUT2D eigenvalue weighted by atomic mass is 10.1. The van der Waals surface area contributed by atoms with Crippen LogP contribution in [0.4, 0.5) is 4.39 Å². The smallest absolute Gasteiger partial charge is 0.353 e. The van der Waals surface area contributed by atoms with Crippen LogP contribution in [0.2, 0.25) is 10.0 Å². The van der Waals surface area contributed by atoms with Crippen LogP contribution in [-0.4, -0.2) is 21.3 Å². The summed E-state index contributed by atoms with van der Waals surface area (Å²) in [5.41, 5.74) is 0.339. The highest BCUT2D eigenvalue weighted by atomic mass is 35.5. The second-order valence-corrected chi connectivity index (χ2v) is 4.04. The van der Waals surface area contributed by atoms with Crippen LogP contribution in [0.1, 0.15) is 10.5 Å². The first-order valence-corrected chi connectivity index (χ1v) is 5.18. The van der Waals surface area contributed by atoms with Crippen molar-refractivity contribution in [3.05, 3.63) is 39.8 Å². The van der Waals surface area contributed by atoms with Crippen LogP contribution in [0.3, 0.4) is 0 Å². The number of rotatable bonds is 2. The SMILES string of the molecule is O=C(O)c1cc(-c2cc(Cl)cc(F)c2Cl)n[nH]1. The van der Waals surface area contributed by atoms with Crippen LogP contribution in [0.25, 0.3) is 11.3 Å². The molecule has 0 saturated heterocycles. The molecule has 1 aromatic heterocycles. The molecule has 2 rings (SSSR count). The third kappa shape index (κ3) is 2.25. The van der Waals surface area contributed by atoms with Crippen molar-refractivity contribution in [3.63, 3.8) is 0 Å². The van der Waals surface area contributed by atoms with Gasteiger partial charge in [-0.3, -0.25) is 5.10 Å². The number of H-pyrrole nitrogens is 1. The number of benzene rings is 1. The van der Waals surface area contributed by atoms with Crippen molar-refractivity contribution < 1.29 is 14.3 Å². The maximum atomic E-state index is 13.3. The average Bonchev–Trinajstić information content (AvgIpc) is 2.72. The van der Waals surface area contributed by atoms with Crippen LogP contribution >= 0.6 is 23.2 Å². The number of halogens is 3. The molecule has 0 amide bonds. The Morgan fingerprint density at radius 3 is 2.65 bits per heavy atom. The number of hydrogen-bond donors (Lipinski definition) is 2. The van der Waals surface area contributed by atoms with Crippen LogP contribution in [0, 0.1) is 5.82 Å². The fraction of sp³-hybridized carbons (Fsp3) is 0. The van der Waals surface area contributed by atoms with E-state index in [1.807, 2.05) is 0 Å². The van der Waals surface area contributed by atoms with E-state index in [9.17, 15) is 9.18 Å². The van der Waals surface area contributed by atoms with Crippen molar-refractivity contribution in [1.82, 2.24) is 10.2 Å². The molecule has 2 N–H and O–H groups in total. The molecule has 0 unspecified atom stereocenters. The van der Waals surface area contributed by atoms with E-state index >= 15 is 0 Å². The van der Waals surface area contributed by atoms with E-state index < -0.39 is 11.8 Å². The summed E-state index contributed by atoms with van der Waals surface area (Å²) in [5, 5.41) is 14.8. The minimum atomic E-state index is -1.16. The molecule has 0 bridgehead atoms. The first-order valence-electron chi connectivity index (χ1n) is 4.42. The third-order valence-electron chi connectivity index (χ3n) is 2.08. The Morgan fingerprint density at radius 1 is 1.35 bits per heavy atom. The number of nitrogens with zero attached hydrogens (tertiary/aromatic N) is 1. The van der Waals surface area contributed by atoms with Gasteiger partial charge in [0.2, 0.25) is 0 Å². The molecule has 0 aliphatic heterocycles. The molecule has 7 heteroatoms. The molecule has 1 heterocycles. The summed E-state index contributed by atoms with van der Waals surface area (Å²) in [6.07, 6.45) is 0. The van der Waals surface area contributed by atoms with Crippen LogP contribution in [0.5, 0.6) is 0 Å². The average molecular weight is 275 g/mol. The highest BCUT2D eigenvalue weighted by Crippen LogP contribution is 2.32. The Morgan fingerprint density at radius 2 is 2.06 bits per heavy atom. The zero-order valence-electron chi connectivity index (χ0n) is 8.17. The number of carbonyl (C=O) groups is 1. The van der Waals surface area contributed by atoms with Gasteiger partial charge in [-0.15, -0.1) is 0 Å². The van der Waals surface area contributed by atoms with E-state index in [4.69, 9.17) is 28.3 Å². The minimum absolute atomic E-state index is 0.114. The Labute approximate surface area is 105 Å². The van der Waals surface area contributed by atoms with E-state index in [0.29, 0.717) is 0 Å². The molecule has 1 aromatic carbocycles. The molecule has 2 aromatic rings. The monoisotopic (exact) mass is 274 g/mol. The highest BCUT2D eigenvalue weighted by Gasteiger charge is 2.15. The number of aromatic carboxylic acids is 1. The zero-order chi connectivity index (χ0) is 12.6. The van der Waals surface area contributed by atoms with Gasteiger partial charge >= 0.3 is 5.97 Å². The highest BCUT2D eigenvalue weighted by molar-refractivity contribution is 6.35. The van der Waals surface area contributed by atoms with Crippen molar-refractivity contribution in [1.29, 1.82) is 0 Å². The normalized spacial score (nSPS) is 10.5. The van der Waals surface area contributed by atoms with Gasteiger partial charge in [0.25, 0.3) is 0 Å². The van der Waals surface area contributed by atoms with Gasteiger partial charge in [-0.25, -0.2) is 9.18 Å². The lowest BCUT2D eigenvalue weighted by molar-refractivity contribution is 0.0690. The standard InChI is InChI=1S/C10H5Cl2FN2O2/c11-4-1-5(9(12)6(13)2-4)7-3-8(10(16)17)15-14-7/h1-3H,(H,14,15)(H,16,17). The number of carboxylic acids is 1. The van der Waals surface area contributed by atoms with Crippen molar-refractivity contribution in [2.45, 2.75) is 0 Å². The summed E-state index contributed by atoms with van der Waals surface area (Å²) in [7, 11) is 0. The predicted octanol–water partition coefficient (Wildman–Crippen LogP) is 3.22. The molecule has 0 aliphatic rings. The molecule has 0 fully saturated rings. The molecule has 0 radical (unpaired) electrons. The van der Waals surface area contributed by atoms with Crippen molar-refractivity contribution >= 4 is 29.2 Å². The Kier molecular flexibility index (Phi) is 3.04. The number of hydrogen-bond acceptors (Lipinski definition) is 2. The molecule has 17 heavy (non-hydrogen) atoms. The summed E-state index contributed by atoms with van der Waals surface area (Å²) in [6, 6.07) is 3.73. The van der Waals surface area contributed by atoms with Crippen molar-refractivity contribution in [2.24, 2.45) is 0 Å². The summed E-state index contributed by atoms with van der Waals surface area (Å²) in [4.78, 5) is 10.7. The van der Waals surface area contributed by atoms with E-state index in [1.165, 1.54) is 12.1 Å². The fourth-order valence-electron chi connectivity index (χ4n) is 1.31. The number of aromatic nitrogens is 2. The van der Waals surface area contributed by atoms with E-state index in [0.717, 1.165) is 6.07 Å². The molecule has 0 atom stereocenters. The second-order valence-electron chi connectivity index (χ2n) is 3.22. The second kappa shape index (κ2) is 4.35. The maximum Gasteiger partial charge on any atom is 0.353 e. The Hall–Kier alpha value is -1.59. The van der Waals surface area contributed by atoms with Gasteiger partial charge in [0, 0.05) is 10.6 Å². The molecule has 0 aliphatic carbocycles. The Balaban J connectivity index is 2.56. The molecule has 88 valence electrons. The molecule has 0 spiro atoms. The van der Waals surface area contributed by atoms with E-state index in [1.54, 1.807) is 0 Å². The third-order valence-corrected chi connectivity index (χ3v) is 2.68. The minimum Gasteiger partial charge on any atom is -0.477 e. The van der Waals surface area contributed by atoms with Gasteiger partial charge in [0.05, 0.1) is 10.7 Å².